The second kappa shape index (κ2) is 6.32. The first-order valence-corrected chi connectivity index (χ1v) is 8.04. The van der Waals surface area contributed by atoms with Gasteiger partial charge in [0.05, 0.1) is 5.56 Å². The van der Waals surface area contributed by atoms with E-state index in [4.69, 9.17) is 4.74 Å². The highest BCUT2D eigenvalue weighted by Crippen LogP contribution is 2.36. The lowest BCUT2D eigenvalue weighted by Gasteiger charge is -2.07. The molecular formula is C21H15NO3. The highest BCUT2D eigenvalue weighted by atomic mass is 16.5. The van der Waals surface area contributed by atoms with Crippen LogP contribution in [-0.2, 0) is 11.2 Å². The van der Waals surface area contributed by atoms with Gasteiger partial charge in [-0.1, -0.05) is 36.4 Å². The Kier molecular flexibility index (Phi) is 3.86. The lowest BCUT2D eigenvalue weighted by atomic mass is 10.0. The van der Waals surface area contributed by atoms with Crippen LogP contribution in [-0.4, -0.2) is 23.3 Å². The highest BCUT2D eigenvalue weighted by Gasteiger charge is 2.20. The van der Waals surface area contributed by atoms with E-state index in [1.54, 1.807) is 18.2 Å². The summed E-state index contributed by atoms with van der Waals surface area (Å²) >= 11 is 0. The minimum absolute atomic E-state index is 0.213. The van der Waals surface area contributed by atoms with Gasteiger partial charge in [-0.15, -0.1) is 0 Å². The number of hydrogen-bond donors (Lipinski definition) is 0. The third-order valence-electron chi connectivity index (χ3n) is 4.37. The zero-order valence-electron chi connectivity index (χ0n) is 13.4. The Morgan fingerprint density at radius 3 is 2.48 bits per heavy atom. The Bertz CT molecular complexity index is 964. The molecule has 0 saturated heterocycles. The van der Waals surface area contributed by atoms with Crippen molar-refractivity contribution in [3.05, 3.63) is 89.2 Å². The van der Waals surface area contributed by atoms with Crippen LogP contribution >= 0.6 is 0 Å². The van der Waals surface area contributed by atoms with Crippen LogP contribution in [0.3, 0.4) is 0 Å². The number of hydrogen-bond acceptors (Lipinski definition) is 4. The third kappa shape index (κ3) is 2.94. The molecule has 0 bridgehead atoms. The molecule has 0 aliphatic heterocycles. The van der Waals surface area contributed by atoms with Gasteiger partial charge < -0.3 is 4.74 Å². The number of rotatable bonds is 4. The first-order valence-electron chi connectivity index (χ1n) is 8.04. The van der Waals surface area contributed by atoms with Crippen molar-refractivity contribution < 1.29 is 14.3 Å². The molecule has 4 rings (SSSR count). The van der Waals surface area contributed by atoms with Crippen molar-refractivity contribution in [3.8, 4) is 11.1 Å². The van der Waals surface area contributed by atoms with Crippen molar-refractivity contribution in [2.45, 2.75) is 6.42 Å². The van der Waals surface area contributed by atoms with Gasteiger partial charge in [-0.05, 0) is 46.9 Å². The fourth-order valence-corrected chi connectivity index (χ4v) is 3.08. The Labute approximate surface area is 145 Å². The van der Waals surface area contributed by atoms with E-state index in [1.807, 2.05) is 24.3 Å². The minimum atomic E-state index is -0.526. The Hall–Kier alpha value is -3.27. The largest absolute Gasteiger partial charge is 0.454 e. The second-order valence-corrected chi connectivity index (χ2v) is 5.94. The van der Waals surface area contributed by atoms with Crippen molar-refractivity contribution in [3.63, 3.8) is 0 Å². The molecule has 0 atom stereocenters. The van der Waals surface area contributed by atoms with E-state index in [1.165, 1.54) is 29.1 Å². The van der Waals surface area contributed by atoms with E-state index in [2.05, 4.69) is 17.1 Å². The summed E-state index contributed by atoms with van der Waals surface area (Å²) in [6.45, 7) is -0.276. The monoisotopic (exact) mass is 329 g/mol. The van der Waals surface area contributed by atoms with E-state index < -0.39 is 5.97 Å². The summed E-state index contributed by atoms with van der Waals surface area (Å²) in [7, 11) is 0. The first kappa shape index (κ1) is 15.3. The average Bonchev–Trinajstić information content (AvgIpc) is 3.04. The number of Topliss-reactive ketones (excluding diaryl/α,β-unsaturated/α-hetero) is 1. The maximum Gasteiger partial charge on any atom is 0.338 e. The Balaban J connectivity index is 1.50. The number of benzene rings is 2. The second-order valence-electron chi connectivity index (χ2n) is 5.94. The van der Waals surface area contributed by atoms with Gasteiger partial charge in [0.2, 0.25) is 0 Å². The molecule has 0 radical (unpaired) electrons. The zero-order valence-corrected chi connectivity index (χ0v) is 13.4. The molecule has 1 aromatic heterocycles. The topological polar surface area (TPSA) is 56.3 Å². The van der Waals surface area contributed by atoms with Crippen molar-refractivity contribution in [2.75, 3.05) is 6.61 Å². The molecule has 1 aliphatic carbocycles. The normalized spacial score (nSPS) is 11.5. The fourth-order valence-electron chi connectivity index (χ4n) is 3.08. The molecule has 0 unspecified atom stereocenters. The summed E-state index contributed by atoms with van der Waals surface area (Å²) in [5.74, 6) is -0.739. The lowest BCUT2D eigenvalue weighted by molar-refractivity contribution is 0.0474. The summed E-state index contributed by atoms with van der Waals surface area (Å²) in [5, 5.41) is 0. The van der Waals surface area contributed by atoms with Crippen LogP contribution in [0.25, 0.3) is 11.1 Å². The molecule has 0 spiro atoms. The smallest absolute Gasteiger partial charge is 0.338 e. The van der Waals surface area contributed by atoms with E-state index >= 15 is 0 Å². The molecule has 2 aromatic carbocycles. The number of ether oxygens (including phenoxy) is 1. The number of fused-ring (bicyclic) bond motifs is 3. The van der Waals surface area contributed by atoms with Crippen molar-refractivity contribution in [1.82, 2.24) is 4.98 Å². The number of carbonyl (C=O) groups excluding carboxylic acids is 2. The SMILES string of the molecule is O=C(COC(=O)c1ccncc1)c1ccc2c(c1)-c1ccccc1C2. The third-order valence-corrected chi connectivity index (χ3v) is 4.37. The maximum atomic E-state index is 12.4. The van der Waals surface area contributed by atoms with Gasteiger partial charge in [-0.25, -0.2) is 4.79 Å². The average molecular weight is 329 g/mol. The molecule has 0 N–H and O–H groups in total. The number of esters is 1. The van der Waals surface area contributed by atoms with Crippen LogP contribution in [0.4, 0.5) is 0 Å². The van der Waals surface area contributed by atoms with Gasteiger partial charge in [0.25, 0.3) is 0 Å². The molecule has 122 valence electrons. The van der Waals surface area contributed by atoms with Gasteiger partial charge in [0.15, 0.2) is 12.4 Å². The maximum absolute atomic E-state index is 12.4. The molecule has 25 heavy (non-hydrogen) atoms. The summed E-state index contributed by atoms with van der Waals surface area (Å²) in [4.78, 5) is 28.2. The molecule has 3 aromatic rings. The quantitative estimate of drug-likeness (QED) is 0.423. The van der Waals surface area contributed by atoms with Crippen molar-refractivity contribution in [1.29, 1.82) is 0 Å². The molecule has 1 aliphatic rings. The minimum Gasteiger partial charge on any atom is -0.454 e. The van der Waals surface area contributed by atoms with Crippen LogP contribution in [0.2, 0.25) is 0 Å². The summed E-state index contributed by atoms with van der Waals surface area (Å²) in [6, 6.07) is 17.0. The molecule has 1 heterocycles. The van der Waals surface area contributed by atoms with Crippen molar-refractivity contribution in [2.24, 2.45) is 0 Å². The number of ketones is 1. The van der Waals surface area contributed by atoms with Gasteiger partial charge in [0, 0.05) is 18.0 Å². The van der Waals surface area contributed by atoms with Crippen LogP contribution in [0, 0.1) is 0 Å². The lowest BCUT2D eigenvalue weighted by Crippen LogP contribution is -2.14. The molecule has 0 saturated carbocycles. The predicted molar refractivity (Wildman–Crippen MR) is 93.5 cm³/mol. The number of pyridine rings is 1. The van der Waals surface area contributed by atoms with Gasteiger partial charge in [0.1, 0.15) is 0 Å². The Morgan fingerprint density at radius 2 is 1.64 bits per heavy atom. The van der Waals surface area contributed by atoms with E-state index in [9.17, 15) is 9.59 Å². The van der Waals surface area contributed by atoms with Crippen molar-refractivity contribution >= 4 is 11.8 Å². The van der Waals surface area contributed by atoms with Gasteiger partial charge in [-0.3, -0.25) is 9.78 Å². The number of nitrogens with zero attached hydrogens (tertiary/aromatic N) is 1. The molecule has 0 fully saturated rings. The van der Waals surface area contributed by atoms with E-state index in [0.717, 1.165) is 12.0 Å². The number of carbonyl (C=O) groups is 2. The summed E-state index contributed by atoms with van der Waals surface area (Å²) in [5.41, 5.74) is 5.67. The van der Waals surface area contributed by atoms with E-state index in [-0.39, 0.29) is 12.4 Å². The highest BCUT2D eigenvalue weighted by molar-refractivity contribution is 6.00. The summed E-state index contributed by atoms with van der Waals surface area (Å²) < 4.78 is 5.12. The molecule has 4 heteroatoms. The Morgan fingerprint density at radius 1 is 0.880 bits per heavy atom. The van der Waals surface area contributed by atoms with Crippen LogP contribution in [0.1, 0.15) is 31.8 Å². The fraction of sp³-hybridized carbons (Fsp3) is 0.0952. The van der Waals surface area contributed by atoms with Gasteiger partial charge >= 0.3 is 5.97 Å². The van der Waals surface area contributed by atoms with Crippen LogP contribution in [0.15, 0.2) is 67.0 Å². The number of aromatic nitrogens is 1. The molecular weight excluding hydrogens is 314 g/mol. The van der Waals surface area contributed by atoms with Gasteiger partial charge in [-0.2, -0.15) is 0 Å². The van der Waals surface area contributed by atoms with Crippen LogP contribution < -0.4 is 0 Å². The van der Waals surface area contributed by atoms with E-state index in [0.29, 0.717) is 11.1 Å². The first-order chi connectivity index (χ1) is 12.2. The predicted octanol–water partition coefficient (Wildman–Crippen LogP) is 3.69. The molecule has 4 nitrogen and oxygen atoms in total. The van der Waals surface area contributed by atoms with Crippen LogP contribution in [0.5, 0.6) is 0 Å². The zero-order chi connectivity index (χ0) is 17.2. The standard InChI is InChI=1S/C21H15NO3/c23-20(13-25-21(24)14-7-9-22-10-8-14)17-6-5-16-11-15-3-1-2-4-18(15)19(16)12-17/h1-10,12H,11,13H2. The molecule has 0 amide bonds. The summed E-state index contributed by atoms with van der Waals surface area (Å²) in [6.07, 6.45) is 3.91.